The number of hydrogen-bond acceptors (Lipinski definition) is 3. The van der Waals surface area contributed by atoms with E-state index in [1.165, 1.54) is 6.42 Å². The van der Waals surface area contributed by atoms with Crippen LogP contribution in [0.15, 0.2) is 21.2 Å². The number of furan rings is 1. The van der Waals surface area contributed by atoms with E-state index in [1.807, 2.05) is 4.90 Å². The van der Waals surface area contributed by atoms with Gasteiger partial charge in [0.15, 0.2) is 0 Å². The third-order valence-corrected chi connectivity index (χ3v) is 4.43. The predicted octanol–water partition coefficient (Wildman–Crippen LogP) is 1.87. The van der Waals surface area contributed by atoms with Crippen LogP contribution in [0, 0.1) is 5.92 Å². The van der Waals surface area contributed by atoms with E-state index in [0.717, 1.165) is 30.5 Å². The number of likely N-dealkylation sites (tertiary alicyclic amines) is 1. The molecule has 17 heavy (non-hydrogen) atoms. The molecule has 4 nitrogen and oxygen atoms in total. The minimum absolute atomic E-state index is 0.0121. The highest BCUT2D eigenvalue weighted by Gasteiger charge is 2.39. The quantitative estimate of drug-likeness (QED) is 0.861. The zero-order chi connectivity index (χ0) is 11.8. The maximum Gasteiger partial charge on any atom is 0.291 e. The monoisotopic (exact) mass is 298 g/mol. The molecule has 3 rings (SSSR count). The van der Waals surface area contributed by atoms with Crippen LogP contribution in [0.3, 0.4) is 0 Å². The van der Waals surface area contributed by atoms with Crippen LogP contribution in [0.5, 0.6) is 0 Å². The van der Waals surface area contributed by atoms with E-state index in [4.69, 9.17) is 4.42 Å². The molecule has 2 aliphatic rings. The molecule has 2 atom stereocenters. The van der Waals surface area contributed by atoms with Gasteiger partial charge in [-0.15, -0.1) is 0 Å². The molecule has 3 heterocycles. The van der Waals surface area contributed by atoms with Gasteiger partial charge >= 0.3 is 0 Å². The fourth-order valence-corrected chi connectivity index (χ4v) is 3.27. The summed E-state index contributed by atoms with van der Waals surface area (Å²) in [5, 5.41) is 3.36. The van der Waals surface area contributed by atoms with Gasteiger partial charge in [-0.3, -0.25) is 4.79 Å². The lowest BCUT2D eigenvalue weighted by atomic mass is 9.93. The lowest BCUT2D eigenvalue weighted by Crippen LogP contribution is -2.48. The third-order valence-electron chi connectivity index (χ3n) is 3.80. The molecule has 1 amide bonds. The number of carbonyl (C=O) groups is 1. The summed E-state index contributed by atoms with van der Waals surface area (Å²) in [6.45, 7) is 2.84. The molecule has 0 spiro atoms. The zero-order valence-corrected chi connectivity index (χ0v) is 11.1. The van der Waals surface area contributed by atoms with Crippen molar-refractivity contribution < 1.29 is 9.21 Å². The van der Waals surface area contributed by atoms with E-state index in [0.29, 0.717) is 17.7 Å². The average molecular weight is 299 g/mol. The van der Waals surface area contributed by atoms with Crippen LogP contribution in [0.1, 0.15) is 23.4 Å². The maximum atomic E-state index is 12.4. The Morgan fingerprint density at radius 3 is 3.18 bits per heavy atom. The largest absolute Gasteiger partial charge is 0.458 e. The summed E-state index contributed by atoms with van der Waals surface area (Å²) in [7, 11) is 0. The summed E-state index contributed by atoms with van der Waals surface area (Å²) in [4.78, 5) is 14.3. The molecule has 1 N–H and O–H groups in total. The van der Waals surface area contributed by atoms with Crippen LogP contribution in [0.25, 0.3) is 0 Å². The number of piperidine rings is 1. The summed E-state index contributed by atoms with van der Waals surface area (Å²) in [5.74, 6) is 1.10. The molecule has 0 bridgehead atoms. The highest BCUT2D eigenvalue weighted by molar-refractivity contribution is 9.10. The maximum absolute atomic E-state index is 12.4. The highest BCUT2D eigenvalue weighted by atomic mass is 79.9. The number of nitrogens with zero attached hydrogens (tertiary/aromatic N) is 1. The lowest BCUT2D eigenvalue weighted by molar-refractivity contribution is 0.0669. The van der Waals surface area contributed by atoms with Crippen molar-refractivity contribution in [1.82, 2.24) is 10.2 Å². The van der Waals surface area contributed by atoms with Crippen LogP contribution in [0.2, 0.25) is 0 Å². The van der Waals surface area contributed by atoms with Gasteiger partial charge in [-0.2, -0.15) is 0 Å². The minimum atomic E-state index is 0.0121. The molecule has 2 fully saturated rings. The Balaban J connectivity index is 1.81. The van der Waals surface area contributed by atoms with Gasteiger partial charge in [0.2, 0.25) is 5.76 Å². The summed E-state index contributed by atoms with van der Waals surface area (Å²) in [6.07, 6.45) is 3.84. The summed E-state index contributed by atoms with van der Waals surface area (Å²) >= 11 is 3.35. The predicted molar refractivity (Wildman–Crippen MR) is 66.8 cm³/mol. The molecule has 5 heteroatoms. The first kappa shape index (κ1) is 11.3. The molecule has 0 aliphatic carbocycles. The van der Waals surface area contributed by atoms with Gasteiger partial charge in [0.05, 0.1) is 10.7 Å². The van der Waals surface area contributed by atoms with Crippen molar-refractivity contribution in [3.63, 3.8) is 0 Å². The number of rotatable bonds is 1. The van der Waals surface area contributed by atoms with E-state index in [9.17, 15) is 4.79 Å². The summed E-state index contributed by atoms with van der Waals surface area (Å²) in [5.41, 5.74) is 0. The molecule has 2 aliphatic heterocycles. The van der Waals surface area contributed by atoms with Crippen LogP contribution >= 0.6 is 15.9 Å². The van der Waals surface area contributed by atoms with E-state index in [1.54, 1.807) is 12.3 Å². The molecule has 0 saturated carbocycles. The van der Waals surface area contributed by atoms with Gasteiger partial charge in [-0.05, 0) is 47.3 Å². The molecule has 1 aromatic rings. The Labute approximate surface area is 108 Å². The summed E-state index contributed by atoms with van der Waals surface area (Å²) < 4.78 is 6.00. The first-order valence-corrected chi connectivity index (χ1v) is 6.81. The van der Waals surface area contributed by atoms with Gasteiger partial charge in [0.25, 0.3) is 5.91 Å². The van der Waals surface area contributed by atoms with Crippen LogP contribution in [0.4, 0.5) is 0 Å². The van der Waals surface area contributed by atoms with E-state index < -0.39 is 0 Å². The second-order valence-corrected chi connectivity index (χ2v) is 5.56. The van der Waals surface area contributed by atoms with Crippen LogP contribution < -0.4 is 5.32 Å². The first-order valence-electron chi connectivity index (χ1n) is 6.02. The lowest BCUT2D eigenvalue weighted by Gasteiger charge is -2.31. The molecule has 0 radical (unpaired) electrons. The fraction of sp³-hybridized carbons (Fsp3) is 0.583. The summed E-state index contributed by atoms with van der Waals surface area (Å²) in [6, 6.07) is 2.10. The number of carbonyl (C=O) groups excluding carboxylic acids is 1. The molecule has 0 aromatic carbocycles. The average Bonchev–Trinajstić information content (AvgIpc) is 2.94. The van der Waals surface area contributed by atoms with Gasteiger partial charge in [-0.25, -0.2) is 0 Å². The Kier molecular flexibility index (Phi) is 2.96. The highest BCUT2D eigenvalue weighted by Crippen LogP contribution is 2.31. The van der Waals surface area contributed by atoms with Crippen molar-refractivity contribution in [3.8, 4) is 0 Å². The Hall–Kier alpha value is -0.810. The zero-order valence-electron chi connectivity index (χ0n) is 9.49. The number of fused-ring (bicyclic) bond motifs is 1. The van der Waals surface area contributed by atoms with Crippen molar-refractivity contribution in [1.29, 1.82) is 0 Å². The van der Waals surface area contributed by atoms with Gasteiger partial charge in [0, 0.05) is 19.1 Å². The van der Waals surface area contributed by atoms with Crippen LogP contribution in [-0.4, -0.2) is 36.5 Å². The Morgan fingerprint density at radius 1 is 1.53 bits per heavy atom. The number of amides is 1. The third kappa shape index (κ3) is 1.91. The number of hydrogen-bond donors (Lipinski definition) is 1. The van der Waals surface area contributed by atoms with E-state index >= 15 is 0 Å². The van der Waals surface area contributed by atoms with E-state index in [2.05, 4.69) is 21.2 Å². The van der Waals surface area contributed by atoms with Crippen LogP contribution in [-0.2, 0) is 0 Å². The smallest absolute Gasteiger partial charge is 0.291 e. The van der Waals surface area contributed by atoms with Gasteiger partial charge < -0.3 is 14.6 Å². The Morgan fingerprint density at radius 2 is 2.41 bits per heavy atom. The first-order chi connectivity index (χ1) is 8.27. The molecular weight excluding hydrogens is 284 g/mol. The molecule has 2 saturated heterocycles. The van der Waals surface area contributed by atoms with Crippen molar-refractivity contribution in [3.05, 3.63) is 22.6 Å². The van der Waals surface area contributed by atoms with Crippen molar-refractivity contribution in [2.24, 2.45) is 5.92 Å². The van der Waals surface area contributed by atoms with Crippen molar-refractivity contribution >= 4 is 21.8 Å². The normalized spacial score (nSPS) is 28.2. The molecule has 1 aromatic heterocycles. The number of halogens is 1. The molecular formula is C12H15BrN2O2. The van der Waals surface area contributed by atoms with Gasteiger partial charge in [0.1, 0.15) is 0 Å². The molecule has 2 unspecified atom stereocenters. The standard InChI is InChI=1S/C12H15BrN2O2/c13-9-3-6-17-11(9)12(16)15-5-2-8-1-4-14-7-10(8)15/h3,6,8,10,14H,1-2,4-5,7H2. The van der Waals surface area contributed by atoms with Crippen molar-refractivity contribution in [2.45, 2.75) is 18.9 Å². The van der Waals surface area contributed by atoms with Crippen molar-refractivity contribution in [2.75, 3.05) is 19.6 Å². The molecule has 92 valence electrons. The topological polar surface area (TPSA) is 45.5 Å². The minimum Gasteiger partial charge on any atom is -0.458 e. The fourth-order valence-electron chi connectivity index (χ4n) is 2.90. The Bertz CT molecular complexity index is 432. The second-order valence-electron chi connectivity index (χ2n) is 4.71. The second kappa shape index (κ2) is 4.46. The van der Waals surface area contributed by atoms with Gasteiger partial charge in [-0.1, -0.05) is 0 Å². The number of nitrogens with one attached hydrogen (secondary N) is 1. The SMILES string of the molecule is O=C(c1occc1Br)N1CCC2CCNCC21. The van der Waals surface area contributed by atoms with E-state index in [-0.39, 0.29) is 5.91 Å².